The van der Waals surface area contributed by atoms with Gasteiger partial charge in [-0.05, 0) is 66.0 Å². The van der Waals surface area contributed by atoms with Gasteiger partial charge in [-0.3, -0.25) is 15.0 Å². The lowest BCUT2D eigenvalue weighted by molar-refractivity contribution is 1.13. The number of hydrogen-bond acceptors (Lipinski definition) is 4. The number of rotatable bonds is 7. The van der Waals surface area contributed by atoms with E-state index in [1.807, 2.05) is 55.0 Å². The number of benzene rings is 2. The molecule has 0 N–H and O–H groups in total. The van der Waals surface area contributed by atoms with E-state index in [-0.39, 0.29) is 6.71 Å². The Morgan fingerprint density at radius 2 is 1.19 bits per heavy atom. The molecule has 0 aliphatic heterocycles. The number of aryl methyl sites for hydroxylation is 1. The molecule has 0 fully saturated rings. The first kappa shape index (κ1) is 24.2. The highest BCUT2D eigenvalue weighted by Gasteiger charge is 2.33. The maximum absolute atomic E-state index is 4.89. The Hall–Kier alpha value is -4.51. The fraction of sp³-hybridized carbons (Fsp3) is 0.0938. The molecule has 3 aromatic heterocycles. The monoisotopic (exact) mass is 480 g/mol. The van der Waals surface area contributed by atoms with Gasteiger partial charge in [-0.15, -0.1) is 0 Å². The molecule has 0 bridgehead atoms. The van der Waals surface area contributed by atoms with Gasteiger partial charge in [-0.2, -0.15) is 0 Å². The first-order valence-corrected chi connectivity index (χ1v) is 12.4. The quantitative estimate of drug-likeness (QED) is 0.306. The molecule has 0 spiro atoms. The summed E-state index contributed by atoms with van der Waals surface area (Å²) in [5, 5.41) is 0. The zero-order valence-electron chi connectivity index (χ0n) is 21.4. The van der Waals surface area contributed by atoms with Crippen LogP contribution in [0, 0.1) is 6.92 Å². The van der Waals surface area contributed by atoms with Crippen molar-refractivity contribution in [3.63, 3.8) is 0 Å². The predicted octanol–water partition coefficient (Wildman–Crippen LogP) is 5.05. The lowest BCUT2D eigenvalue weighted by Crippen LogP contribution is -2.47. The number of anilines is 1. The SMILES string of the molecule is Cc1ccc(/C(=C(/B(c2ccccn2)c2ccccn2)c2ccccn2)c2ccccc2N(C)C)cc1. The van der Waals surface area contributed by atoms with Crippen molar-refractivity contribution in [2.75, 3.05) is 19.0 Å². The molecule has 0 unspecified atom stereocenters. The first-order valence-electron chi connectivity index (χ1n) is 12.4. The zero-order chi connectivity index (χ0) is 25.6. The Labute approximate surface area is 219 Å². The number of nitrogens with zero attached hydrogens (tertiary/aromatic N) is 4. The van der Waals surface area contributed by atoms with E-state index < -0.39 is 0 Å². The molecule has 0 radical (unpaired) electrons. The van der Waals surface area contributed by atoms with Gasteiger partial charge < -0.3 is 4.90 Å². The molecule has 3 heterocycles. The van der Waals surface area contributed by atoms with Crippen LogP contribution >= 0.6 is 0 Å². The molecule has 2 aromatic carbocycles. The van der Waals surface area contributed by atoms with Crippen molar-refractivity contribution < 1.29 is 0 Å². The summed E-state index contributed by atoms with van der Waals surface area (Å²) in [6.45, 7) is 1.88. The fourth-order valence-electron chi connectivity index (χ4n) is 4.73. The van der Waals surface area contributed by atoms with E-state index >= 15 is 0 Å². The maximum atomic E-state index is 4.89. The van der Waals surface area contributed by atoms with E-state index in [0.717, 1.165) is 44.7 Å². The standard InChI is InChI=1S/C32H29BN4/c1-24-17-19-25(20-18-24)31(26-12-4-5-14-28(26)37(2)3)32(27-13-6-9-21-34-27)33(29-15-7-10-22-35-29)30-16-8-11-23-36-30/h4-23H,1-3H3/b32-31-. The lowest BCUT2D eigenvalue weighted by atomic mass is 9.37. The first-order chi connectivity index (χ1) is 18.1. The summed E-state index contributed by atoms with van der Waals surface area (Å²) in [5.74, 6) is 0. The third kappa shape index (κ3) is 5.21. The van der Waals surface area contributed by atoms with Crippen molar-refractivity contribution in [2.24, 2.45) is 0 Å². The van der Waals surface area contributed by atoms with Crippen molar-refractivity contribution in [3.05, 3.63) is 144 Å². The van der Waals surface area contributed by atoms with Crippen LogP contribution in [-0.2, 0) is 0 Å². The zero-order valence-corrected chi connectivity index (χ0v) is 21.4. The van der Waals surface area contributed by atoms with Crippen LogP contribution in [0.25, 0.3) is 11.0 Å². The molecule has 5 aromatic rings. The molecule has 0 aliphatic carbocycles. The van der Waals surface area contributed by atoms with Crippen LogP contribution in [0.1, 0.15) is 22.4 Å². The van der Waals surface area contributed by atoms with Crippen LogP contribution in [0.3, 0.4) is 0 Å². The molecule has 0 atom stereocenters. The van der Waals surface area contributed by atoms with Crippen molar-refractivity contribution in [2.45, 2.75) is 6.92 Å². The van der Waals surface area contributed by atoms with Crippen LogP contribution in [0.15, 0.2) is 122 Å². The van der Waals surface area contributed by atoms with Crippen LogP contribution in [-0.4, -0.2) is 35.8 Å². The molecular weight excluding hydrogens is 451 g/mol. The van der Waals surface area contributed by atoms with Gasteiger partial charge in [-0.1, -0.05) is 66.2 Å². The van der Waals surface area contributed by atoms with Crippen molar-refractivity contribution in [3.8, 4) is 0 Å². The van der Waals surface area contributed by atoms with Crippen LogP contribution in [0.4, 0.5) is 5.69 Å². The molecule has 0 saturated carbocycles. The molecule has 4 nitrogen and oxygen atoms in total. The van der Waals surface area contributed by atoms with E-state index in [9.17, 15) is 0 Å². The van der Waals surface area contributed by atoms with Gasteiger partial charge >= 0.3 is 0 Å². The molecule has 180 valence electrons. The molecule has 0 saturated heterocycles. The largest absolute Gasteiger partial charge is 0.377 e. The van der Waals surface area contributed by atoms with Gasteiger partial charge in [0.15, 0.2) is 0 Å². The van der Waals surface area contributed by atoms with Crippen molar-refractivity contribution in [1.29, 1.82) is 0 Å². The minimum absolute atomic E-state index is 0.233. The minimum Gasteiger partial charge on any atom is -0.377 e. The van der Waals surface area contributed by atoms with E-state index in [4.69, 9.17) is 15.0 Å². The van der Waals surface area contributed by atoms with Crippen LogP contribution in [0.2, 0.25) is 0 Å². The van der Waals surface area contributed by atoms with Crippen LogP contribution in [0.5, 0.6) is 0 Å². The third-order valence-electron chi connectivity index (χ3n) is 6.46. The molecule has 5 rings (SSSR count). The average molecular weight is 480 g/mol. The predicted molar refractivity (Wildman–Crippen MR) is 156 cm³/mol. The van der Waals surface area contributed by atoms with Crippen LogP contribution < -0.4 is 16.1 Å². The summed E-state index contributed by atoms with van der Waals surface area (Å²) in [7, 11) is 4.17. The highest BCUT2D eigenvalue weighted by Crippen LogP contribution is 2.37. The van der Waals surface area contributed by atoms with E-state index in [1.54, 1.807) is 0 Å². The summed E-state index contributed by atoms with van der Waals surface area (Å²) < 4.78 is 0. The van der Waals surface area contributed by atoms with Gasteiger partial charge in [0, 0.05) is 55.1 Å². The van der Waals surface area contributed by atoms with Gasteiger partial charge in [0.1, 0.15) is 0 Å². The third-order valence-corrected chi connectivity index (χ3v) is 6.46. The highest BCUT2D eigenvalue weighted by atomic mass is 15.1. The normalized spacial score (nSPS) is 11.5. The topological polar surface area (TPSA) is 41.9 Å². The summed E-state index contributed by atoms with van der Waals surface area (Å²) in [5.41, 5.74) is 9.53. The van der Waals surface area contributed by atoms with Crippen molar-refractivity contribution >= 4 is 34.6 Å². The lowest BCUT2D eigenvalue weighted by Gasteiger charge is -2.25. The number of aromatic nitrogens is 3. The van der Waals surface area contributed by atoms with Crippen molar-refractivity contribution in [1.82, 2.24) is 15.0 Å². The Morgan fingerprint density at radius 1 is 0.622 bits per heavy atom. The number of hydrogen-bond donors (Lipinski definition) is 0. The van der Waals surface area contributed by atoms with E-state index in [2.05, 4.69) is 92.6 Å². The Bertz CT molecular complexity index is 1440. The Morgan fingerprint density at radius 3 is 1.73 bits per heavy atom. The summed E-state index contributed by atoms with van der Waals surface area (Å²) in [4.78, 5) is 16.7. The molecule has 37 heavy (non-hydrogen) atoms. The van der Waals surface area contributed by atoms with Gasteiger partial charge in [0.05, 0.1) is 5.69 Å². The average Bonchev–Trinajstić information content (AvgIpc) is 2.95. The fourth-order valence-corrected chi connectivity index (χ4v) is 4.73. The molecule has 5 heteroatoms. The smallest absolute Gasteiger partial charge is 0.291 e. The van der Waals surface area contributed by atoms with E-state index in [0.29, 0.717) is 0 Å². The van der Waals surface area contributed by atoms with Gasteiger partial charge in [-0.25, -0.2) is 0 Å². The Kier molecular flexibility index (Phi) is 7.22. The molecule has 0 aliphatic rings. The number of para-hydroxylation sites is 1. The molecule has 0 amide bonds. The second-order valence-electron chi connectivity index (χ2n) is 9.22. The molecular formula is C32H29BN4. The second kappa shape index (κ2) is 11.0. The Balaban J connectivity index is 1.95. The second-order valence-corrected chi connectivity index (χ2v) is 9.22. The summed E-state index contributed by atoms with van der Waals surface area (Å²) in [6, 6.07) is 35.5. The summed E-state index contributed by atoms with van der Waals surface area (Å²) in [6.07, 6.45) is 5.55. The summed E-state index contributed by atoms with van der Waals surface area (Å²) >= 11 is 0. The highest BCUT2D eigenvalue weighted by molar-refractivity contribution is 6.99. The van der Waals surface area contributed by atoms with Gasteiger partial charge in [0.25, 0.3) is 6.71 Å². The van der Waals surface area contributed by atoms with Gasteiger partial charge in [0.2, 0.25) is 0 Å². The number of pyridine rings is 3. The van der Waals surface area contributed by atoms with E-state index in [1.165, 1.54) is 5.56 Å². The maximum Gasteiger partial charge on any atom is 0.291 e. The minimum atomic E-state index is -0.233.